The molecule has 3 heteroatoms. The minimum atomic E-state index is -0.119. The second-order valence-corrected chi connectivity index (χ2v) is 3.64. The second kappa shape index (κ2) is 5.58. The molecule has 0 aliphatic carbocycles. The van der Waals surface area contributed by atoms with Crippen molar-refractivity contribution in [2.24, 2.45) is 0 Å². The Labute approximate surface area is 80.7 Å². The fraction of sp³-hybridized carbons (Fsp3) is 1.00. The first-order chi connectivity index (χ1) is 6.27. The third-order valence-corrected chi connectivity index (χ3v) is 2.70. The lowest BCUT2D eigenvalue weighted by Gasteiger charge is -2.22. The molecule has 1 fully saturated rings. The van der Waals surface area contributed by atoms with E-state index in [1.54, 1.807) is 0 Å². The standard InChI is InChI=1S/C10H21NO2/c1-3-9-7-10(12)8-11(9)5-6-13-4-2/h9-10,12H,3-8H2,1-2H3/t9-,10-/m0/s1. The first-order valence-electron chi connectivity index (χ1n) is 5.27. The van der Waals surface area contributed by atoms with E-state index in [4.69, 9.17) is 4.74 Å². The quantitative estimate of drug-likeness (QED) is 0.648. The van der Waals surface area contributed by atoms with Crippen molar-refractivity contribution in [3.8, 4) is 0 Å². The number of aliphatic hydroxyl groups excluding tert-OH is 1. The van der Waals surface area contributed by atoms with E-state index in [0.29, 0.717) is 6.04 Å². The number of likely N-dealkylation sites (tertiary alicyclic amines) is 1. The monoisotopic (exact) mass is 187 g/mol. The van der Waals surface area contributed by atoms with Gasteiger partial charge in [0.2, 0.25) is 0 Å². The van der Waals surface area contributed by atoms with Crippen molar-refractivity contribution < 1.29 is 9.84 Å². The highest BCUT2D eigenvalue weighted by molar-refractivity contribution is 4.83. The number of rotatable bonds is 5. The molecule has 0 aromatic carbocycles. The molecular formula is C10H21NO2. The molecule has 1 aliphatic heterocycles. The third kappa shape index (κ3) is 3.25. The van der Waals surface area contributed by atoms with Crippen molar-refractivity contribution in [3.05, 3.63) is 0 Å². The van der Waals surface area contributed by atoms with Crippen molar-refractivity contribution in [2.75, 3.05) is 26.3 Å². The smallest absolute Gasteiger partial charge is 0.0682 e. The summed E-state index contributed by atoms with van der Waals surface area (Å²) in [5.74, 6) is 0. The van der Waals surface area contributed by atoms with Gasteiger partial charge in [-0.2, -0.15) is 0 Å². The molecule has 0 bridgehead atoms. The van der Waals surface area contributed by atoms with Crippen LogP contribution in [0.3, 0.4) is 0 Å². The number of aliphatic hydroxyl groups is 1. The molecule has 2 atom stereocenters. The van der Waals surface area contributed by atoms with Gasteiger partial charge in [-0.15, -0.1) is 0 Å². The molecule has 0 aromatic heterocycles. The van der Waals surface area contributed by atoms with Gasteiger partial charge in [-0.05, 0) is 19.8 Å². The zero-order valence-corrected chi connectivity index (χ0v) is 8.70. The van der Waals surface area contributed by atoms with E-state index in [1.807, 2.05) is 6.92 Å². The van der Waals surface area contributed by atoms with Crippen LogP contribution in [-0.2, 0) is 4.74 Å². The molecule has 1 aliphatic rings. The molecular weight excluding hydrogens is 166 g/mol. The highest BCUT2D eigenvalue weighted by atomic mass is 16.5. The Kier molecular flexibility index (Phi) is 4.70. The van der Waals surface area contributed by atoms with E-state index < -0.39 is 0 Å². The topological polar surface area (TPSA) is 32.7 Å². The molecule has 13 heavy (non-hydrogen) atoms. The Balaban J connectivity index is 2.23. The number of hydrogen-bond donors (Lipinski definition) is 1. The van der Waals surface area contributed by atoms with Gasteiger partial charge in [-0.1, -0.05) is 6.92 Å². The van der Waals surface area contributed by atoms with E-state index in [-0.39, 0.29) is 6.10 Å². The molecule has 3 nitrogen and oxygen atoms in total. The first-order valence-corrected chi connectivity index (χ1v) is 5.27. The highest BCUT2D eigenvalue weighted by Gasteiger charge is 2.28. The first kappa shape index (κ1) is 11.0. The second-order valence-electron chi connectivity index (χ2n) is 3.64. The summed E-state index contributed by atoms with van der Waals surface area (Å²) in [6.07, 6.45) is 1.94. The number of hydrogen-bond acceptors (Lipinski definition) is 3. The van der Waals surface area contributed by atoms with Crippen LogP contribution in [0, 0.1) is 0 Å². The maximum atomic E-state index is 9.48. The zero-order chi connectivity index (χ0) is 9.68. The summed E-state index contributed by atoms with van der Waals surface area (Å²) in [6, 6.07) is 0.565. The van der Waals surface area contributed by atoms with Gasteiger partial charge in [-0.25, -0.2) is 0 Å². The lowest BCUT2D eigenvalue weighted by Crippen LogP contribution is -2.32. The summed E-state index contributed by atoms with van der Waals surface area (Å²) in [5, 5.41) is 9.48. The van der Waals surface area contributed by atoms with Crippen LogP contribution < -0.4 is 0 Å². The molecule has 1 rings (SSSR count). The van der Waals surface area contributed by atoms with E-state index in [2.05, 4.69) is 11.8 Å². The maximum Gasteiger partial charge on any atom is 0.0682 e. The zero-order valence-electron chi connectivity index (χ0n) is 8.70. The normalized spacial score (nSPS) is 29.8. The van der Waals surface area contributed by atoms with Crippen molar-refractivity contribution in [1.29, 1.82) is 0 Å². The fourth-order valence-electron chi connectivity index (χ4n) is 1.98. The molecule has 0 aromatic rings. The summed E-state index contributed by atoms with van der Waals surface area (Å²) < 4.78 is 5.30. The van der Waals surface area contributed by atoms with Crippen LogP contribution in [0.15, 0.2) is 0 Å². The Morgan fingerprint density at radius 3 is 2.85 bits per heavy atom. The Bertz CT molecular complexity index is 141. The van der Waals surface area contributed by atoms with E-state index in [1.165, 1.54) is 0 Å². The lowest BCUT2D eigenvalue weighted by molar-refractivity contribution is 0.102. The summed E-state index contributed by atoms with van der Waals surface area (Å²) in [7, 11) is 0. The molecule has 0 radical (unpaired) electrons. The van der Waals surface area contributed by atoms with Crippen molar-refractivity contribution in [2.45, 2.75) is 38.8 Å². The number of ether oxygens (including phenoxy) is 1. The largest absolute Gasteiger partial charge is 0.392 e. The van der Waals surface area contributed by atoms with Crippen LogP contribution in [0.25, 0.3) is 0 Å². The number of β-amino-alcohol motifs (C(OH)–C–C–N with tert-alkyl or cyclic N) is 1. The van der Waals surface area contributed by atoms with E-state index >= 15 is 0 Å². The van der Waals surface area contributed by atoms with Crippen LogP contribution >= 0.6 is 0 Å². The summed E-state index contributed by atoms with van der Waals surface area (Å²) in [5.41, 5.74) is 0. The molecule has 0 amide bonds. The van der Waals surface area contributed by atoms with Gasteiger partial charge in [0.15, 0.2) is 0 Å². The van der Waals surface area contributed by atoms with Crippen LogP contribution in [0.1, 0.15) is 26.7 Å². The molecule has 1 heterocycles. The molecule has 1 N–H and O–H groups in total. The van der Waals surface area contributed by atoms with Crippen LogP contribution in [0.2, 0.25) is 0 Å². The SMILES string of the molecule is CCOCCN1C[C@@H](O)C[C@@H]1CC. The molecule has 0 saturated carbocycles. The number of nitrogens with zero attached hydrogens (tertiary/aromatic N) is 1. The van der Waals surface area contributed by atoms with E-state index in [9.17, 15) is 5.11 Å². The van der Waals surface area contributed by atoms with Crippen molar-refractivity contribution in [3.63, 3.8) is 0 Å². The van der Waals surface area contributed by atoms with Gasteiger partial charge in [0, 0.05) is 25.7 Å². The van der Waals surface area contributed by atoms with Gasteiger partial charge >= 0.3 is 0 Å². The van der Waals surface area contributed by atoms with Gasteiger partial charge in [0.05, 0.1) is 12.7 Å². The van der Waals surface area contributed by atoms with Crippen LogP contribution in [0.4, 0.5) is 0 Å². The predicted octanol–water partition coefficient (Wildman–Crippen LogP) is 0.868. The average molecular weight is 187 g/mol. The molecule has 0 spiro atoms. The van der Waals surface area contributed by atoms with E-state index in [0.717, 1.165) is 39.1 Å². The Morgan fingerprint density at radius 1 is 1.46 bits per heavy atom. The van der Waals surface area contributed by atoms with Gasteiger partial charge in [0.1, 0.15) is 0 Å². The minimum Gasteiger partial charge on any atom is -0.392 e. The maximum absolute atomic E-state index is 9.48. The molecule has 78 valence electrons. The van der Waals surface area contributed by atoms with Crippen molar-refractivity contribution in [1.82, 2.24) is 4.90 Å². The summed E-state index contributed by atoms with van der Waals surface area (Å²) >= 11 is 0. The highest BCUT2D eigenvalue weighted by Crippen LogP contribution is 2.19. The van der Waals surface area contributed by atoms with Crippen LogP contribution in [0.5, 0.6) is 0 Å². The molecule has 1 saturated heterocycles. The lowest BCUT2D eigenvalue weighted by atomic mass is 10.1. The van der Waals surface area contributed by atoms with Gasteiger partial charge in [-0.3, -0.25) is 4.90 Å². The average Bonchev–Trinajstić information content (AvgIpc) is 2.47. The molecule has 0 unspecified atom stereocenters. The Morgan fingerprint density at radius 2 is 2.23 bits per heavy atom. The summed E-state index contributed by atoms with van der Waals surface area (Å²) in [6.45, 7) is 7.55. The van der Waals surface area contributed by atoms with Crippen LogP contribution in [-0.4, -0.2) is 48.5 Å². The summed E-state index contributed by atoms with van der Waals surface area (Å²) in [4.78, 5) is 2.33. The third-order valence-electron chi connectivity index (χ3n) is 2.70. The Hall–Kier alpha value is -0.120. The van der Waals surface area contributed by atoms with Crippen molar-refractivity contribution >= 4 is 0 Å². The van der Waals surface area contributed by atoms with Gasteiger partial charge < -0.3 is 9.84 Å². The minimum absolute atomic E-state index is 0.119. The fourth-order valence-corrected chi connectivity index (χ4v) is 1.98. The van der Waals surface area contributed by atoms with Gasteiger partial charge in [0.25, 0.3) is 0 Å². The predicted molar refractivity (Wildman–Crippen MR) is 52.8 cm³/mol.